The standard InChI is InChI=1S/C8H8N2O2/c11-10(12)6-2-1-3-8-4-5-9-7-8/h1-7,9H/b3-1+,6-2+. The maximum absolute atomic E-state index is 9.84. The summed E-state index contributed by atoms with van der Waals surface area (Å²) < 4.78 is 0. The van der Waals surface area contributed by atoms with Gasteiger partial charge in [0.25, 0.3) is 0 Å². The van der Waals surface area contributed by atoms with Crippen LogP contribution in [0.4, 0.5) is 0 Å². The molecule has 0 saturated heterocycles. The fourth-order valence-electron chi connectivity index (χ4n) is 0.727. The van der Waals surface area contributed by atoms with E-state index < -0.39 is 4.92 Å². The van der Waals surface area contributed by atoms with Crippen molar-refractivity contribution in [3.05, 3.63) is 52.5 Å². The first-order valence-electron chi connectivity index (χ1n) is 3.40. The van der Waals surface area contributed by atoms with Crippen molar-refractivity contribution < 1.29 is 4.92 Å². The Balaban J connectivity index is 2.47. The topological polar surface area (TPSA) is 58.9 Å². The number of rotatable bonds is 3. The van der Waals surface area contributed by atoms with Crippen LogP contribution in [0.5, 0.6) is 0 Å². The summed E-state index contributed by atoms with van der Waals surface area (Å²) in [5.74, 6) is 0. The Morgan fingerprint density at radius 3 is 2.92 bits per heavy atom. The van der Waals surface area contributed by atoms with E-state index in [4.69, 9.17) is 0 Å². The Morgan fingerprint density at radius 1 is 1.50 bits per heavy atom. The summed E-state index contributed by atoms with van der Waals surface area (Å²) in [4.78, 5) is 12.2. The van der Waals surface area contributed by atoms with Crippen molar-refractivity contribution in [2.45, 2.75) is 0 Å². The molecule has 62 valence electrons. The molecule has 0 bridgehead atoms. The first-order chi connectivity index (χ1) is 5.79. The van der Waals surface area contributed by atoms with Crippen LogP contribution in [0.1, 0.15) is 5.56 Å². The fraction of sp³-hybridized carbons (Fsp3) is 0. The Morgan fingerprint density at radius 2 is 2.33 bits per heavy atom. The van der Waals surface area contributed by atoms with E-state index in [-0.39, 0.29) is 0 Å². The number of allylic oxidation sites excluding steroid dienone is 2. The van der Waals surface area contributed by atoms with Crippen LogP contribution in [0.3, 0.4) is 0 Å². The Kier molecular flexibility index (Phi) is 2.84. The molecule has 0 aliphatic heterocycles. The van der Waals surface area contributed by atoms with E-state index in [0.717, 1.165) is 11.8 Å². The highest BCUT2D eigenvalue weighted by atomic mass is 16.6. The zero-order valence-corrected chi connectivity index (χ0v) is 6.31. The molecule has 1 rings (SSSR count). The lowest BCUT2D eigenvalue weighted by Gasteiger charge is -1.78. The van der Waals surface area contributed by atoms with Gasteiger partial charge in [-0.3, -0.25) is 10.1 Å². The van der Waals surface area contributed by atoms with Gasteiger partial charge in [-0.1, -0.05) is 12.2 Å². The van der Waals surface area contributed by atoms with E-state index >= 15 is 0 Å². The number of hydrogen-bond acceptors (Lipinski definition) is 2. The predicted octanol–water partition coefficient (Wildman–Crippen LogP) is 1.82. The lowest BCUT2D eigenvalue weighted by molar-refractivity contribution is -0.402. The molecule has 0 aliphatic carbocycles. The van der Waals surface area contributed by atoms with Crippen LogP contribution in [-0.2, 0) is 0 Å². The molecule has 0 aromatic carbocycles. The summed E-state index contributed by atoms with van der Waals surface area (Å²) >= 11 is 0. The lowest BCUT2D eigenvalue weighted by atomic mass is 10.3. The number of nitrogens with one attached hydrogen (secondary N) is 1. The second-order valence-corrected chi connectivity index (χ2v) is 2.13. The van der Waals surface area contributed by atoms with Crippen LogP contribution in [-0.4, -0.2) is 9.91 Å². The smallest absolute Gasteiger partial charge is 0.234 e. The summed E-state index contributed by atoms with van der Waals surface area (Å²) in [6.45, 7) is 0. The molecule has 0 radical (unpaired) electrons. The summed E-state index contributed by atoms with van der Waals surface area (Å²) in [5.41, 5.74) is 0.989. The maximum Gasteiger partial charge on any atom is 0.234 e. The maximum atomic E-state index is 9.84. The number of nitro groups is 1. The van der Waals surface area contributed by atoms with Crippen LogP contribution in [0, 0.1) is 10.1 Å². The summed E-state index contributed by atoms with van der Waals surface area (Å²) in [6, 6.07) is 1.87. The first kappa shape index (κ1) is 8.26. The minimum atomic E-state index is -0.499. The van der Waals surface area contributed by atoms with E-state index in [2.05, 4.69) is 4.98 Å². The van der Waals surface area contributed by atoms with Crippen molar-refractivity contribution in [1.29, 1.82) is 0 Å². The van der Waals surface area contributed by atoms with Gasteiger partial charge in [-0.05, 0) is 11.6 Å². The second-order valence-electron chi connectivity index (χ2n) is 2.13. The monoisotopic (exact) mass is 164 g/mol. The highest BCUT2D eigenvalue weighted by molar-refractivity contribution is 5.49. The molecule has 1 N–H and O–H groups in total. The van der Waals surface area contributed by atoms with Gasteiger partial charge in [-0.15, -0.1) is 0 Å². The van der Waals surface area contributed by atoms with E-state index in [1.807, 2.05) is 6.07 Å². The number of hydrogen-bond donors (Lipinski definition) is 1. The highest BCUT2D eigenvalue weighted by Gasteiger charge is 1.82. The van der Waals surface area contributed by atoms with Crippen molar-refractivity contribution in [3.8, 4) is 0 Å². The molecular weight excluding hydrogens is 156 g/mol. The summed E-state index contributed by atoms with van der Waals surface area (Å²) in [5, 5.41) is 9.84. The van der Waals surface area contributed by atoms with Gasteiger partial charge >= 0.3 is 0 Å². The van der Waals surface area contributed by atoms with Crippen LogP contribution < -0.4 is 0 Å². The molecule has 1 aromatic rings. The van der Waals surface area contributed by atoms with Crippen molar-refractivity contribution in [1.82, 2.24) is 4.98 Å². The largest absolute Gasteiger partial charge is 0.367 e. The van der Waals surface area contributed by atoms with Gasteiger partial charge in [-0.25, -0.2) is 0 Å². The third kappa shape index (κ3) is 2.83. The first-order valence-corrected chi connectivity index (χ1v) is 3.40. The minimum absolute atomic E-state index is 0.499. The van der Waals surface area contributed by atoms with Crippen LogP contribution in [0.15, 0.2) is 36.8 Å². The van der Waals surface area contributed by atoms with Gasteiger partial charge in [0, 0.05) is 18.5 Å². The molecule has 4 heteroatoms. The third-order valence-corrected chi connectivity index (χ3v) is 1.23. The number of nitrogens with zero attached hydrogens (tertiary/aromatic N) is 1. The van der Waals surface area contributed by atoms with Gasteiger partial charge in [0.1, 0.15) is 0 Å². The lowest BCUT2D eigenvalue weighted by Crippen LogP contribution is -1.80. The van der Waals surface area contributed by atoms with E-state index in [9.17, 15) is 10.1 Å². The Hall–Kier alpha value is -1.84. The molecule has 0 unspecified atom stereocenters. The number of aromatic amines is 1. The Labute approximate surface area is 69.4 Å². The average molecular weight is 164 g/mol. The van der Waals surface area contributed by atoms with Gasteiger partial charge in [0.15, 0.2) is 0 Å². The SMILES string of the molecule is O=[N+]([O-])/C=C/C=C/c1cc[nH]c1. The molecule has 4 nitrogen and oxygen atoms in total. The molecule has 0 saturated carbocycles. The highest BCUT2D eigenvalue weighted by Crippen LogP contribution is 1.98. The zero-order chi connectivity index (χ0) is 8.81. The second kappa shape index (κ2) is 4.12. The molecule has 0 spiro atoms. The molecule has 0 aliphatic rings. The van der Waals surface area contributed by atoms with Gasteiger partial charge in [0.2, 0.25) is 6.20 Å². The van der Waals surface area contributed by atoms with Crippen molar-refractivity contribution in [2.24, 2.45) is 0 Å². The quantitative estimate of drug-likeness (QED) is 0.420. The van der Waals surface area contributed by atoms with Crippen LogP contribution in [0.25, 0.3) is 6.08 Å². The normalized spacial score (nSPS) is 11.3. The van der Waals surface area contributed by atoms with Gasteiger partial charge < -0.3 is 4.98 Å². The van der Waals surface area contributed by atoms with Gasteiger partial charge in [-0.2, -0.15) is 0 Å². The molecule has 0 fully saturated rings. The molecular formula is C8H8N2O2. The van der Waals surface area contributed by atoms with Crippen molar-refractivity contribution >= 4 is 6.08 Å². The summed E-state index contributed by atoms with van der Waals surface area (Å²) in [7, 11) is 0. The van der Waals surface area contributed by atoms with Crippen molar-refractivity contribution in [2.75, 3.05) is 0 Å². The van der Waals surface area contributed by atoms with E-state index in [1.165, 1.54) is 6.08 Å². The summed E-state index contributed by atoms with van der Waals surface area (Å²) in [6.07, 6.45) is 9.26. The van der Waals surface area contributed by atoms with E-state index in [0.29, 0.717) is 0 Å². The predicted molar refractivity (Wildman–Crippen MR) is 46.0 cm³/mol. The van der Waals surface area contributed by atoms with Crippen molar-refractivity contribution in [3.63, 3.8) is 0 Å². The van der Waals surface area contributed by atoms with Gasteiger partial charge in [0.05, 0.1) is 4.92 Å². The minimum Gasteiger partial charge on any atom is -0.367 e. The molecule has 0 amide bonds. The number of aromatic nitrogens is 1. The molecule has 12 heavy (non-hydrogen) atoms. The van der Waals surface area contributed by atoms with Crippen LogP contribution >= 0.6 is 0 Å². The number of H-pyrrole nitrogens is 1. The molecule has 1 aromatic heterocycles. The third-order valence-electron chi connectivity index (χ3n) is 1.23. The van der Waals surface area contributed by atoms with Crippen LogP contribution in [0.2, 0.25) is 0 Å². The molecule has 0 atom stereocenters. The zero-order valence-electron chi connectivity index (χ0n) is 6.31. The van der Waals surface area contributed by atoms with E-state index in [1.54, 1.807) is 24.5 Å². The fourth-order valence-corrected chi connectivity index (χ4v) is 0.727. The Bertz CT molecular complexity index is 299. The molecule has 1 heterocycles. The average Bonchev–Trinajstić information content (AvgIpc) is 2.49.